The van der Waals surface area contributed by atoms with Gasteiger partial charge in [0.1, 0.15) is 0 Å². The second kappa shape index (κ2) is 34.5. The average Bonchev–Trinajstić information content (AvgIpc) is 2.99. The van der Waals surface area contributed by atoms with Crippen LogP contribution in [0.15, 0.2) is 0 Å². The molecule has 0 aromatic rings. The Morgan fingerprint density at radius 1 is 0.220 bits per heavy atom. The van der Waals surface area contributed by atoms with Gasteiger partial charge in [-0.2, -0.15) is 0 Å². The Morgan fingerprint density at radius 3 is 0.561 bits per heavy atom. The van der Waals surface area contributed by atoms with Crippen LogP contribution in [-0.2, 0) is 0 Å². The zero-order valence-corrected chi connectivity index (χ0v) is 29.9. The molecule has 248 valence electrons. The summed E-state index contributed by atoms with van der Waals surface area (Å²) in [4.78, 5) is 0. The lowest BCUT2D eigenvalue weighted by Crippen LogP contribution is -2.49. The maximum atomic E-state index is 2.45. The molecule has 41 heavy (non-hydrogen) atoms. The van der Waals surface area contributed by atoms with Crippen molar-refractivity contribution in [3.63, 3.8) is 0 Å². The monoisotopic (exact) mass is 579 g/mol. The smallest absolute Gasteiger partial charge is 0.0786 e. The first kappa shape index (κ1) is 41.0. The van der Waals surface area contributed by atoms with Gasteiger partial charge in [0.05, 0.1) is 26.2 Å². The van der Waals surface area contributed by atoms with Crippen molar-refractivity contribution >= 4 is 0 Å². The van der Waals surface area contributed by atoms with E-state index in [0.717, 1.165) is 0 Å². The summed E-state index contributed by atoms with van der Waals surface area (Å²) < 4.78 is 1.39. The highest BCUT2D eigenvalue weighted by Crippen LogP contribution is 2.18. The number of quaternary nitrogens is 1. The van der Waals surface area contributed by atoms with Gasteiger partial charge in [-0.3, -0.25) is 0 Å². The minimum atomic E-state index is 1.34. The normalized spacial score (nSPS) is 12.0. The third-order valence-electron chi connectivity index (χ3n) is 10.3. The molecular formula is C40H84N+. The Morgan fingerprint density at radius 2 is 0.390 bits per heavy atom. The zero-order valence-electron chi connectivity index (χ0n) is 29.9. The molecular weight excluding hydrogens is 494 g/mol. The molecule has 0 rings (SSSR count). The second-order valence-corrected chi connectivity index (χ2v) is 14.0. The molecule has 0 amide bonds. The molecule has 1 nitrogen and oxygen atoms in total. The first-order valence-electron chi connectivity index (χ1n) is 20.1. The lowest BCUT2D eigenvalue weighted by molar-refractivity contribution is -0.925. The lowest BCUT2D eigenvalue weighted by atomic mass is 10.0. The second-order valence-electron chi connectivity index (χ2n) is 14.0. The standard InChI is InChI=1S/C40H84N/c1-5-9-11-13-15-17-19-21-23-25-27-29-31-33-35-37-39-41(7-3,8-4)40-38-36-34-32-30-28-26-24-22-20-18-16-14-12-10-6-2/h5-40H2,1-4H3/q+1. The molecule has 0 aromatic carbocycles. The lowest BCUT2D eigenvalue weighted by Gasteiger charge is -2.37. The summed E-state index contributed by atoms with van der Waals surface area (Å²) in [5, 5.41) is 0. The summed E-state index contributed by atoms with van der Waals surface area (Å²) in [7, 11) is 0. The van der Waals surface area contributed by atoms with Gasteiger partial charge in [-0.05, 0) is 39.5 Å². The highest BCUT2D eigenvalue weighted by atomic mass is 15.3. The molecule has 0 radical (unpaired) electrons. The van der Waals surface area contributed by atoms with Gasteiger partial charge in [-0.25, -0.2) is 0 Å². The summed E-state index contributed by atoms with van der Waals surface area (Å²) in [6.07, 6.45) is 47.0. The summed E-state index contributed by atoms with van der Waals surface area (Å²) in [6.45, 7) is 15.1. The van der Waals surface area contributed by atoms with Crippen LogP contribution in [0.25, 0.3) is 0 Å². The van der Waals surface area contributed by atoms with Crippen molar-refractivity contribution in [2.75, 3.05) is 26.2 Å². The fourth-order valence-corrected chi connectivity index (χ4v) is 6.96. The summed E-state index contributed by atoms with van der Waals surface area (Å²) in [5.41, 5.74) is 0. The molecule has 0 N–H and O–H groups in total. The predicted molar refractivity (Wildman–Crippen MR) is 190 cm³/mol. The van der Waals surface area contributed by atoms with E-state index in [2.05, 4.69) is 27.7 Å². The molecule has 0 saturated heterocycles. The summed E-state index contributed by atoms with van der Waals surface area (Å²) in [5.74, 6) is 0. The van der Waals surface area contributed by atoms with Gasteiger partial charge in [0.25, 0.3) is 0 Å². The Kier molecular flexibility index (Phi) is 34.4. The van der Waals surface area contributed by atoms with Crippen molar-refractivity contribution in [1.82, 2.24) is 0 Å². The van der Waals surface area contributed by atoms with Gasteiger partial charge in [0.2, 0.25) is 0 Å². The van der Waals surface area contributed by atoms with Gasteiger partial charge in [0, 0.05) is 0 Å². The summed E-state index contributed by atoms with van der Waals surface area (Å²) >= 11 is 0. The Bertz CT molecular complexity index is 416. The van der Waals surface area contributed by atoms with E-state index in [0.29, 0.717) is 0 Å². The Labute approximate surface area is 263 Å². The van der Waals surface area contributed by atoms with Crippen LogP contribution in [0.2, 0.25) is 0 Å². The third-order valence-corrected chi connectivity index (χ3v) is 10.3. The Hall–Kier alpha value is -0.0400. The van der Waals surface area contributed by atoms with Crippen molar-refractivity contribution in [2.45, 2.75) is 233 Å². The van der Waals surface area contributed by atoms with Crippen LogP contribution < -0.4 is 0 Å². The van der Waals surface area contributed by atoms with Crippen LogP contribution in [0, 0.1) is 0 Å². The van der Waals surface area contributed by atoms with Gasteiger partial charge >= 0.3 is 0 Å². The number of hydrogen-bond acceptors (Lipinski definition) is 0. The first-order valence-corrected chi connectivity index (χ1v) is 20.1. The molecule has 0 saturated carbocycles. The average molecular weight is 579 g/mol. The topological polar surface area (TPSA) is 0 Å². The quantitative estimate of drug-likeness (QED) is 0.0512. The van der Waals surface area contributed by atoms with Crippen LogP contribution in [0.4, 0.5) is 0 Å². The van der Waals surface area contributed by atoms with Crippen molar-refractivity contribution in [3.05, 3.63) is 0 Å². The van der Waals surface area contributed by atoms with Crippen molar-refractivity contribution < 1.29 is 4.48 Å². The molecule has 0 aromatic heterocycles. The molecule has 0 heterocycles. The zero-order chi connectivity index (χ0) is 30.0. The first-order chi connectivity index (χ1) is 20.2. The van der Waals surface area contributed by atoms with Crippen LogP contribution >= 0.6 is 0 Å². The molecule has 0 fully saturated rings. The molecule has 0 atom stereocenters. The van der Waals surface area contributed by atoms with E-state index in [9.17, 15) is 0 Å². The van der Waals surface area contributed by atoms with Crippen LogP contribution in [0.3, 0.4) is 0 Å². The summed E-state index contributed by atoms with van der Waals surface area (Å²) in [6, 6.07) is 0. The van der Waals surface area contributed by atoms with Crippen molar-refractivity contribution in [3.8, 4) is 0 Å². The van der Waals surface area contributed by atoms with E-state index < -0.39 is 0 Å². The maximum absolute atomic E-state index is 2.45. The van der Waals surface area contributed by atoms with Crippen LogP contribution in [0.5, 0.6) is 0 Å². The number of rotatable bonds is 36. The Balaban J connectivity index is 3.50. The highest BCUT2D eigenvalue weighted by molar-refractivity contribution is 4.53. The number of hydrogen-bond donors (Lipinski definition) is 0. The van der Waals surface area contributed by atoms with Gasteiger partial charge in [0.15, 0.2) is 0 Å². The van der Waals surface area contributed by atoms with E-state index in [4.69, 9.17) is 0 Å². The van der Waals surface area contributed by atoms with Gasteiger partial charge in [-0.15, -0.1) is 0 Å². The minimum Gasteiger partial charge on any atom is -0.324 e. The number of unbranched alkanes of at least 4 members (excludes halogenated alkanes) is 30. The molecule has 0 aliphatic heterocycles. The van der Waals surface area contributed by atoms with Gasteiger partial charge < -0.3 is 4.48 Å². The molecule has 0 aliphatic carbocycles. The molecule has 0 spiro atoms. The highest BCUT2D eigenvalue weighted by Gasteiger charge is 2.21. The maximum Gasteiger partial charge on any atom is 0.0786 e. The van der Waals surface area contributed by atoms with Crippen molar-refractivity contribution in [1.29, 1.82) is 0 Å². The van der Waals surface area contributed by atoms with E-state index in [1.807, 2.05) is 0 Å². The molecule has 0 bridgehead atoms. The van der Waals surface area contributed by atoms with Crippen molar-refractivity contribution in [2.24, 2.45) is 0 Å². The van der Waals surface area contributed by atoms with Crippen LogP contribution in [-0.4, -0.2) is 30.7 Å². The number of nitrogens with zero attached hydrogens (tertiary/aromatic N) is 1. The molecule has 0 unspecified atom stereocenters. The van der Waals surface area contributed by atoms with Crippen LogP contribution in [0.1, 0.15) is 233 Å². The largest absolute Gasteiger partial charge is 0.324 e. The molecule has 1 heteroatoms. The van der Waals surface area contributed by atoms with Gasteiger partial charge in [-0.1, -0.05) is 194 Å². The van der Waals surface area contributed by atoms with E-state index in [1.165, 1.54) is 236 Å². The predicted octanol–water partition coefficient (Wildman–Crippen LogP) is 14.4. The SMILES string of the molecule is CCCCCCCCCCCCCCCCCC[N+](CC)(CC)CCCCCCCCCCCCCCCCCC. The van der Waals surface area contributed by atoms with E-state index >= 15 is 0 Å². The fraction of sp³-hybridized carbons (Fsp3) is 1.00. The van der Waals surface area contributed by atoms with E-state index in [-0.39, 0.29) is 0 Å². The molecule has 0 aliphatic rings. The minimum absolute atomic E-state index is 1.34. The van der Waals surface area contributed by atoms with E-state index in [1.54, 1.807) is 0 Å². The fourth-order valence-electron chi connectivity index (χ4n) is 6.96. The third kappa shape index (κ3) is 29.8.